The summed E-state index contributed by atoms with van der Waals surface area (Å²) in [6.45, 7) is 11.2. The summed E-state index contributed by atoms with van der Waals surface area (Å²) in [6, 6.07) is 15.4. The second-order valence-corrected chi connectivity index (χ2v) is 7.45. The van der Waals surface area contributed by atoms with Gasteiger partial charge in [-0.3, -0.25) is 0 Å². The summed E-state index contributed by atoms with van der Waals surface area (Å²) in [7, 11) is 0. The van der Waals surface area contributed by atoms with E-state index in [1.807, 2.05) is 12.1 Å². The Morgan fingerprint density at radius 1 is 0.913 bits per heavy atom. The number of hydrogen-bond donors (Lipinski definition) is 0. The smallest absolute Gasteiger partial charge is 0.123 e. The average molecular weight is 309 g/mol. The molecule has 0 atom stereocenters. The predicted octanol–water partition coefficient (Wildman–Crippen LogP) is 6.33. The molecule has 2 aromatic carbocycles. The molecule has 3 aromatic rings. The largest absolute Gasteiger partial charge is 0.338 e. The topological polar surface area (TPSA) is 4.93 Å². The minimum Gasteiger partial charge on any atom is -0.338 e. The van der Waals surface area contributed by atoms with Crippen molar-refractivity contribution in [3.05, 3.63) is 60.0 Å². The molecule has 1 heterocycles. The lowest BCUT2D eigenvalue weighted by Gasteiger charge is -2.28. The van der Waals surface area contributed by atoms with E-state index < -0.39 is 0 Å². The van der Waals surface area contributed by atoms with Gasteiger partial charge in [0.05, 0.1) is 0 Å². The maximum atomic E-state index is 13.4. The van der Waals surface area contributed by atoms with Crippen molar-refractivity contribution in [2.45, 2.75) is 46.1 Å². The third kappa shape index (κ3) is 2.67. The molecule has 1 aromatic heterocycles. The van der Waals surface area contributed by atoms with Gasteiger partial charge in [0.25, 0.3) is 0 Å². The van der Waals surface area contributed by atoms with Crippen molar-refractivity contribution in [3.8, 4) is 11.1 Å². The number of para-hydroxylation sites is 1. The van der Waals surface area contributed by atoms with Crippen LogP contribution in [0, 0.1) is 5.82 Å². The van der Waals surface area contributed by atoms with Gasteiger partial charge < -0.3 is 4.57 Å². The van der Waals surface area contributed by atoms with Crippen LogP contribution in [0.2, 0.25) is 0 Å². The number of halogens is 1. The molecule has 0 unspecified atom stereocenters. The fourth-order valence-electron chi connectivity index (χ4n) is 3.45. The number of nitrogens with zero attached hydrogens (tertiary/aromatic N) is 1. The van der Waals surface area contributed by atoms with E-state index in [1.54, 1.807) is 12.1 Å². The molecule has 0 aliphatic heterocycles. The first-order valence-electron chi connectivity index (χ1n) is 8.20. The molecule has 0 N–H and O–H groups in total. The Bertz CT molecular complexity index is 833. The summed E-state index contributed by atoms with van der Waals surface area (Å²) in [5.74, 6) is 0.182. The Hall–Kier alpha value is -2.09. The predicted molar refractivity (Wildman–Crippen MR) is 96.4 cm³/mol. The van der Waals surface area contributed by atoms with E-state index in [9.17, 15) is 4.39 Å². The molecule has 120 valence electrons. The van der Waals surface area contributed by atoms with Crippen LogP contribution in [-0.2, 0) is 5.54 Å². The van der Waals surface area contributed by atoms with Gasteiger partial charge in [0.1, 0.15) is 5.82 Å². The molecule has 0 aliphatic carbocycles. The molecule has 0 saturated carbocycles. The maximum absolute atomic E-state index is 13.4. The van der Waals surface area contributed by atoms with E-state index in [-0.39, 0.29) is 11.4 Å². The highest BCUT2D eigenvalue weighted by Gasteiger charge is 2.26. The maximum Gasteiger partial charge on any atom is 0.123 e. The molecule has 23 heavy (non-hydrogen) atoms. The number of aromatic nitrogens is 1. The van der Waals surface area contributed by atoms with Crippen LogP contribution in [0.4, 0.5) is 4.39 Å². The van der Waals surface area contributed by atoms with Gasteiger partial charge >= 0.3 is 0 Å². The van der Waals surface area contributed by atoms with Crippen LogP contribution in [0.5, 0.6) is 0 Å². The number of fused-ring (bicyclic) bond motifs is 1. The zero-order chi connectivity index (χ0) is 16.8. The van der Waals surface area contributed by atoms with Gasteiger partial charge in [-0.15, -0.1) is 0 Å². The SMILES string of the molecule is CC(C)c1c(-c2ccc(F)cc2)c2ccccc2n1C(C)(C)C. The van der Waals surface area contributed by atoms with Crippen LogP contribution < -0.4 is 0 Å². The molecule has 0 fully saturated rings. The molecular formula is C21H24FN. The Balaban J connectivity index is 2.45. The van der Waals surface area contributed by atoms with Crippen LogP contribution >= 0.6 is 0 Å². The first-order chi connectivity index (χ1) is 10.8. The second kappa shape index (κ2) is 5.52. The highest BCUT2D eigenvalue weighted by Crippen LogP contribution is 2.41. The van der Waals surface area contributed by atoms with Crippen molar-refractivity contribution in [2.75, 3.05) is 0 Å². The second-order valence-electron chi connectivity index (χ2n) is 7.45. The first-order valence-corrected chi connectivity index (χ1v) is 8.20. The van der Waals surface area contributed by atoms with Crippen LogP contribution in [0.1, 0.15) is 46.2 Å². The molecule has 0 spiro atoms. The number of rotatable bonds is 2. The molecule has 0 bridgehead atoms. The van der Waals surface area contributed by atoms with Crippen molar-refractivity contribution in [2.24, 2.45) is 0 Å². The van der Waals surface area contributed by atoms with Gasteiger partial charge in [-0.1, -0.05) is 44.2 Å². The monoisotopic (exact) mass is 309 g/mol. The van der Waals surface area contributed by atoms with Crippen molar-refractivity contribution in [3.63, 3.8) is 0 Å². The van der Waals surface area contributed by atoms with Gasteiger partial charge in [0.2, 0.25) is 0 Å². The Labute approximate surface area is 137 Å². The van der Waals surface area contributed by atoms with Crippen LogP contribution in [-0.4, -0.2) is 4.57 Å². The normalized spacial score (nSPS) is 12.3. The fourth-order valence-corrected chi connectivity index (χ4v) is 3.45. The third-order valence-corrected chi connectivity index (χ3v) is 4.26. The molecule has 2 heteroatoms. The lowest BCUT2D eigenvalue weighted by atomic mass is 9.96. The van der Waals surface area contributed by atoms with Crippen molar-refractivity contribution in [1.82, 2.24) is 4.57 Å². The Kier molecular flexibility index (Phi) is 3.79. The lowest BCUT2D eigenvalue weighted by molar-refractivity contribution is 0.393. The number of hydrogen-bond acceptors (Lipinski definition) is 0. The summed E-state index contributed by atoms with van der Waals surface area (Å²) in [4.78, 5) is 0. The number of benzene rings is 2. The van der Waals surface area contributed by atoms with Crippen LogP contribution in [0.25, 0.3) is 22.0 Å². The molecule has 0 aliphatic rings. The van der Waals surface area contributed by atoms with Crippen molar-refractivity contribution < 1.29 is 4.39 Å². The standard InChI is InChI=1S/C21H24FN/c1-14(2)20-19(15-10-12-16(22)13-11-15)17-8-6-7-9-18(17)23(20)21(3,4)5/h6-14H,1-5H3. The van der Waals surface area contributed by atoms with E-state index in [0.717, 1.165) is 5.56 Å². The van der Waals surface area contributed by atoms with E-state index in [1.165, 1.54) is 22.2 Å². The molecule has 0 radical (unpaired) electrons. The Morgan fingerprint density at radius 2 is 1.52 bits per heavy atom. The van der Waals surface area contributed by atoms with Gasteiger partial charge in [-0.2, -0.15) is 0 Å². The van der Waals surface area contributed by atoms with E-state index >= 15 is 0 Å². The lowest BCUT2D eigenvalue weighted by Crippen LogP contribution is -2.24. The summed E-state index contributed by atoms with van der Waals surface area (Å²) >= 11 is 0. The van der Waals surface area contributed by atoms with Crippen molar-refractivity contribution in [1.29, 1.82) is 0 Å². The fraction of sp³-hybridized carbons (Fsp3) is 0.333. The summed E-state index contributed by atoms with van der Waals surface area (Å²) in [5, 5.41) is 1.23. The third-order valence-electron chi connectivity index (χ3n) is 4.26. The highest BCUT2D eigenvalue weighted by molar-refractivity contribution is 5.98. The van der Waals surface area contributed by atoms with Gasteiger partial charge in [0, 0.05) is 27.7 Å². The van der Waals surface area contributed by atoms with E-state index in [2.05, 4.69) is 63.5 Å². The summed E-state index contributed by atoms with van der Waals surface area (Å²) in [6.07, 6.45) is 0. The minimum atomic E-state index is -0.195. The van der Waals surface area contributed by atoms with Gasteiger partial charge in [0.15, 0.2) is 0 Å². The minimum absolute atomic E-state index is 0.0164. The van der Waals surface area contributed by atoms with Gasteiger partial charge in [-0.25, -0.2) is 4.39 Å². The van der Waals surface area contributed by atoms with E-state index in [0.29, 0.717) is 5.92 Å². The van der Waals surface area contributed by atoms with Gasteiger partial charge in [-0.05, 0) is 50.5 Å². The van der Waals surface area contributed by atoms with Crippen LogP contribution in [0.3, 0.4) is 0 Å². The van der Waals surface area contributed by atoms with E-state index in [4.69, 9.17) is 0 Å². The highest BCUT2D eigenvalue weighted by atomic mass is 19.1. The molecular weight excluding hydrogens is 285 g/mol. The first kappa shape index (κ1) is 15.8. The summed E-state index contributed by atoms with van der Waals surface area (Å²) in [5.41, 5.74) is 4.84. The molecule has 3 rings (SSSR count). The summed E-state index contributed by atoms with van der Waals surface area (Å²) < 4.78 is 15.8. The zero-order valence-corrected chi connectivity index (χ0v) is 14.5. The molecule has 0 amide bonds. The van der Waals surface area contributed by atoms with Crippen molar-refractivity contribution >= 4 is 10.9 Å². The molecule has 1 nitrogen and oxygen atoms in total. The zero-order valence-electron chi connectivity index (χ0n) is 14.5. The van der Waals surface area contributed by atoms with Crippen LogP contribution in [0.15, 0.2) is 48.5 Å². The Morgan fingerprint density at radius 3 is 2.09 bits per heavy atom. The quantitative estimate of drug-likeness (QED) is 0.521. The average Bonchev–Trinajstić information content (AvgIpc) is 2.83. The molecule has 0 saturated heterocycles.